The molecule has 1 amide bonds. The van der Waals surface area contributed by atoms with Gasteiger partial charge in [0.15, 0.2) is 0 Å². The van der Waals surface area contributed by atoms with Crippen LogP contribution in [0.4, 0.5) is 0 Å². The zero-order valence-corrected chi connectivity index (χ0v) is 13.6. The lowest BCUT2D eigenvalue weighted by Gasteiger charge is -2.25. The first-order valence-electron chi connectivity index (χ1n) is 8.35. The second kappa shape index (κ2) is 7.32. The van der Waals surface area contributed by atoms with Crippen molar-refractivity contribution in [2.75, 3.05) is 13.2 Å². The van der Waals surface area contributed by atoms with Crippen LogP contribution >= 0.6 is 0 Å². The number of benzene rings is 2. The third-order valence-electron chi connectivity index (χ3n) is 4.36. The van der Waals surface area contributed by atoms with Crippen LogP contribution < -0.4 is 4.74 Å². The fourth-order valence-electron chi connectivity index (χ4n) is 3.23. The number of ether oxygens (including phenoxy) is 1. The molecule has 3 heteroatoms. The van der Waals surface area contributed by atoms with E-state index < -0.39 is 0 Å². The van der Waals surface area contributed by atoms with Crippen LogP contribution in [0.5, 0.6) is 5.75 Å². The summed E-state index contributed by atoms with van der Waals surface area (Å²) in [5.41, 5.74) is 2.04. The van der Waals surface area contributed by atoms with Crippen molar-refractivity contribution in [3.8, 4) is 5.75 Å². The van der Waals surface area contributed by atoms with E-state index in [4.69, 9.17) is 4.74 Å². The SMILES string of the molecule is CCOc1ccc(C(=O)N2CCCC2Cc2ccccc2)cc1. The Morgan fingerprint density at radius 3 is 2.57 bits per heavy atom. The average molecular weight is 309 g/mol. The van der Waals surface area contributed by atoms with Crippen LogP contribution in [0.2, 0.25) is 0 Å². The summed E-state index contributed by atoms with van der Waals surface area (Å²) in [5.74, 6) is 0.942. The fourth-order valence-corrected chi connectivity index (χ4v) is 3.23. The van der Waals surface area contributed by atoms with Gasteiger partial charge >= 0.3 is 0 Å². The van der Waals surface area contributed by atoms with Crippen LogP contribution in [-0.4, -0.2) is 30.0 Å². The molecule has 0 N–H and O–H groups in total. The lowest BCUT2D eigenvalue weighted by molar-refractivity contribution is 0.0736. The van der Waals surface area contributed by atoms with Gasteiger partial charge in [-0.2, -0.15) is 0 Å². The second-order valence-electron chi connectivity index (χ2n) is 5.94. The molecule has 2 aromatic rings. The monoisotopic (exact) mass is 309 g/mol. The lowest BCUT2D eigenvalue weighted by atomic mass is 10.0. The quantitative estimate of drug-likeness (QED) is 0.837. The van der Waals surface area contributed by atoms with Gasteiger partial charge < -0.3 is 9.64 Å². The number of hydrogen-bond acceptors (Lipinski definition) is 2. The van der Waals surface area contributed by atoms with Crippen molar-refractivity contribution < 1.29 is 9.53 Å². The lowest BCUT2D eigenvalue weighted by Crippen LogP contribution is -2.36. The molecule has 1 unspecified atom stereocenters. The molecular formula is C20H23NO2. The van der Waals surface area contributed by atoms with E-state index in [2.05, 4.69) is 24.3 Å². The van der Waals surface area contributed by atoms with Gasteiger partial charge in [-0.25, -0.2) is 0 Å². The van der Waals surface area contributed by atoms with E-state index in [9.17, 15) is 4.79 Å². The maximum Gasteiger partial charge on any atom is 0.254 e. The van der Waals surface area contributed by atoms with Crippen molar-refractivity contribution in [1.29, 1.82) is 0 Å². The van der Waals surface area contributed by atoms with Gasteiger partial charge in [-0.3, -0.25) is 4.79 Å². The Balaban J connectivity index is 1.70. The summed E-state index contributed by atoms with van der Waals surface area (Å²) in [4.78, 5) is 14.8. The summed E-state index contributed by atoms with van der Waals surface area (Å²) in [6, 6.07) is 18.2. The van der Waals surface area contributed by atoms with E-state index in [-0.39, 0.29) is 5.91 Å². The Kier molecular flexibility index (Phi) is 4.96. The number of hydrogen-bond donors (Lipinski definition) is 0. The maximum atomic E-state index is 12.8. The molecule has 0 spiro atoms. The van der Waals surface area contributed by atoms with Crippen molar-refractivity contribution in [3.05, 3.63) is 65.7 Å². The summed E-state index contributed by atoms with van der Waals surface area (Å²) in [5, 5.41) is 0. The summed E-state index contributed by atoms with van der Waals surface area (Å²) in [6.07, 6.45) is 3.10. The standard InChI is InChI=1S/C20H23NO2/c1-2-23-19-12-10-17(11-13-19)20(22)21-14-6-9-18(21)15-16-7-4-3-5-8-16/h3-5,7-8,10-13,18H,2,6,9,14-15H2,1H3. The summed E-state index contributed by atoms with van der Waals surface area (Å²) < 4.78 is 5.44. The summed E-state index contributed by atoms with van der Waals surface area (Å²) >= 11 is 0. The van der Waals surface area contributed by atoms with Gasteiger partial charge in [0.25, 0.3) is 5.91 Å². The number of carbonyl (C=O) groups excluding carboxylic acids is 1. The smallest absolute Gasteiger partial charge is 0.254 e. The zero-order chi connectivity index (χ0) is 16.1. The molecule has 23 heavy (non-hydrogen) atoms. The van der Waals surface area contributed by atoms with Crippen LogP contribution in [0.15, 0.2) is 54.6 Å². The van der Waals surface area contributed by atoms with Crippen molar-refractivity contribution in [3.63, 3.8) is 0 Å². The molecule has 1 atom stereocenters. The van der Waals surface area contributed by atoms with Gasteiger partial charge in [-0.05, 0) is 56.0 Å². The number of likely N-dealkylation sites (tertiary alicyclic amines) is 1. The minimum Gasteiger partial charge on any atom is -0.494 e. The molecule has 0 saturated carbocycles. The molecule has 0 aliphatic carbocycles. The van der Waals surface area contributed by atoms with Crippen LogP contribution in [0.25, 0.3) is 0 Å². The number of carbonyl (C=O) groups is 1. The van der Waals surface area contributed by atoms with Crippen LogP contribution in [0.3, 0.4) is 0 Å². The minimum absolute atomic E-state index is 0.131. The molecule has 1 saturated heterocycles. The molecule has 2 aromatic carbocycles. The number of amides is 1. The van der Waals surface area contributed by atoms with Gasteiger partial charge in [-0.15, -0.1) is 0 Å². The highest BCUT2D eigenvalue weighted by molar-refractivity contribution is 5.94. The van der Waals surface area contributed by atoms with Gasteiger partial charge in [0, 0.05) is 18.2 Å². The van der Waals surface area contributed by atoms with Gasteiger partial charge in [0.05, 0.1) is 6.61 Å². The Bertz CT molecular complexity index is 636. The molecule has 3 nitrogen and oxygen atoms in total. The Morgan fingerprint density at radius 1 is 1.13 bits per heavy atom. The number of rotatable bonds is 5. The first-order valence-corrected chi connectivity index (χ1v) is 8.35. The predicted molar refractivity (Wildman–Crippen MR) is 91.8 cm³/mol. The van der Waals surface area contributed by atoms with E-state index in [1.54, 1.807) is 0 Å². The third-order valence-corrected chi connectivity index (χ3v) is 4.36. The van der Waals surface area contributed by atoms with Gasteiger partial charge in [-0.1, -0.05) is 30.3 Å². The van der Waals surface area contributed by atoms with Crippen LogP contribution in [0.1, 0.15) is 35.7 Å². The van der Waals surface area contributed by atoms with E-state index in [1.165, 1.54) is 5.56 Å². The molecule has 1 aliphatic rings. The predicted octanol–water partition coefficient (Wildman–Crippen LogP) is 3.93. The Morgan fingerprint density at radius 2 is 1.87 bits per heavy atom. The fraction of sp³-hybridized carbons (Fsp3) is 0.350. The minimum atomic E-state index is 0.131. The van der Waals surface area contributed by atoms with Crippen LogP contribution in [-0.2, 0) is 6.42 Å². The van der Waals surface area contributed by atoms with Gasteiger partial charge in [0.1, 0.15) is 5.75 Å². The topological polar surface area (TPSA) is 29.5 Å². The normalized spacial score (nSPS) is 17.3. The second-order valence-corrected chi connectivity index (χ2v) is 5.94. The first kappa shape index (κ1) is 15.6. The van der Waals surface area contributed by atoms with Crippen molar-refractivity contribution in [1.82, 2.24) is 4.90 Å². The zero-order valence-electron chi connectivity index (χ0n) is 13.6. The van der Waals surface area contributed by atoms with E-state index in [0.29, 0.717) is 12.6 Å². The molecule has 3 rings (SSSR count). The molecule has 0 radical (unpaired) electrons. The van der Waals surface area contributed by atoms with E-state index in [1.807, 2.05) is 42.2 Å². The molecule has 1 fully saturated rings. The molecule has 0 aromatic heterocycles. The molecule has 0 bridgehead atoms. The Labute approximate surface area is 137 Å². The molecule has 1 heterocycles. The first-order chi connectivity index (χ1) is 11.3. The van der Waals surface area contributed by atoms with E-state index in [0.717, 1.165) is 37.1 Å². The largest absolute Gasteiger partial charge is 0.494 e. The third kappa shape index (κ3) is 3.73. The summed E-state index contributed by atoms with van der Waals surface area (Å²) in [6.45, 7) is 3.44. The molecule has 120 valence electrons. The number of nitrogens with zero attached hydrogens (tertiary/aromatic N) is 1. The van der Waals surface area contributed by atoms with Crippen molar-refractivity contribution >= 4 is 5.91 Å². The molecule has 1 aliphatic heterocycles. The highest BCUT2D eigenvalue weighted by Crippen LogP contribution is 2.24. The van der Waals surface area contributed by atoms with Crippen molar-refractivity contribution in [2.45, 2.75) is 32.2 Å². The highest BCUT2D eigenvalue weighted by Gasteiger charge is 2.29. The molecular weight excluding hydrogens is 286 g/mol. The van der Waals surface area contributed by atoms with Crippen LogP contribution in [0, 0.1) is 0 Å². The van der Waals surface area contributed by atoms with E-state index >= 15 is 0 Å². The highest BCUT2D eigenvalue weighted by atomic mass is 16.5. The van der Waals surface area contributed by atoms with Gasteiger partial charge in [0.2, 0.25) is 0 Å². The van der Waals surface area contributed by atoms with Crippen molar-refractivity contribution in [2.24, 2.45) is 0 Å². The maximum absolute atomic E-state index is 12.8. The summed E-state index contributed by atoms with van der Waals surface area (Å²) in [7, 11) is 0. The average Bonchev–Trinajstić information content (AvgIpc) is 3.04. The Hall–Kier alpha value is -2.29.